The van der Waals surface area contributed by atoms with Crippen LogP contribution in [0.4, 0.5) is 17.1 Å². The molecule has 0 unspecified atom stereocenters. The summed E-state index contributed by atoms with van der Waals surface area (Å²) in [6.45, 7) is 0. The minimum absolute atomic E-state index is 0.133. The Morgan fingerprint density at radius 3 is 2.58 bits per heavy atom. The van der Waals surface area contributed by atoms with Crippen LogP contribution in [0.15, 0.2) is 36.4 Å². The average Bonchev–Trinajstić information content (AvgIpc) is 3.36. The van der Waals surface area contributed by atoms with Crippen molar-refractivity contribution in [3.05, 3.63) is 62.1 Å². The monoisotopic (exact) mass is 365 g/mol. The summed E-state index contributed by atoms with van der Waals surface area (Å²) in [5.41, 5.74) is 0.794. The maximum Gasteiger partial charge on any atom is 0.293 e. The van der Waals surface area contributed by atoms with Gasteiger partial charge in [0.15, 0.2) is 0 Å². The van der Waals surface area contributed by atoms with Gasteiger partial charge in [-0.25, -0.2) is 0 Å². The molecule has 1 saturated carbocycles. The van der Waals surface area contributed by atoms with Crippen molar-refractivity contribution in [3.8, 4) is 0 Å². The van der Waals surface area contributed by atoms with E-state index < -0.39 is 10.8 Å². The minimum atomic E-state index is -0.506. The zero-order valence-corrected chi connectivity index (χ0v) is 13.9. The van der Waals surface area contributed by atoms with E-state index in [1.807, 2.05) is 0 Å². The van der Waals surface area contributed by atoms with E-state index in [9.17, 15) is 14.9 Å². The standard InChI is InChI=1S/C16H13Cl2N3O3/c17-11-2-1-3-13(15(11)18)20-16(22)9-4-7-12(19-10-5-6-10)14(8-9)21(23)24/h1-4,7-8,10,19H,5-6H2,(H,20,22). The number of rotatable bonds is 5. The molecule has 0 aromatic heterocycles. The second kappa shape index (κ2) is 6.67. The Morgan fingerprint density at radius 2 is 1.92 bits per heavy atom. The van der Waals surface area contributed by atoms with Crippen molar-refractivity contribution >= 4 is 46.2 Å². The van der Waals surface area contributed by atoms with Gasteiger partial charge in [-0.3, -0.25) is 14.9 Å². The highest BCUT2D eigenvalue weighted by molar-refractivity contribution is 6.44. The lowest BCUT2D eigenvalue weighted by atomic mass is 10.1. The predicted octanol–water partition coefficient (Wildman–Crippen LogP) is 4.73. The summed E-state index contributed by atoms with van der Waals surface area (Å²) in [7, 11) is 0. The van der Waals surface area contributed by atoms with Gasteiger partial charge in [0.05, 0.1) is 20.7 Å². The van der Waals surface area contributed by atoms with Crippen LogP contribution in [0.5, 0.6) is 0 Å². The van der Waals surface area contributed by atoms with E-state index in [0.29, 0.717) is 16.4 Å². The number of nitrogens with zero attached hydrogens (tertiary/aromatic N) is 1. The number of hydrogen-bond donors (Lipinski definition) is 2. The van der Waals surface area contributed by atoms with Crippen molar-refractivity contribution < 1.29 is 9.72 Å². The maximum absolute atomic E-state index is 12.3. The summed E-state index contributed by atoms with van der Waals surface area (Å²) in [6.07, 6.45) is 1.99. The lowest BCUT2D eigenvalue weighted by molar-refractivity contribution is -0.384. The van der Waals surface area contributed by atoms with Crippen molar-refractivity contribution in [1.29, 1.82) is 0 Å². The third kappa shape index (κ3) is 3.60. The number of nitro groups is 1. The summed E-state index contributed by atoms with van der Waals surface area (Å²) < 4.78 is 0. The van der Waals surface area contributed by atoms with E-state index in [1.54, 1.807) is 24.3 Å². The van der Waals surface area contributed by atoms with Crippen molar-refractivity contribution in [3.63, 3.8) is 0 Å². The molecular formula is C16H13Cl2N3O3. The number of halogens is 2. The number of hydrogen-bond acceptors (Lipinski definition) is 4. The minimum Gasteiger partial charge on any atom is -0.377 e. The number of benzene rings is 2. The van der Waals surface area contributed by atoms with Gasteiger partial charge in [-0.1, -0.05) is 29.3 Å². The van der Waals surface area contributed by atoms with Gasteiger partial charge in [0.2, 0.25) is 0 Å². The van der Waals surface area contributed by atoms with Crippen LogP contribution >= 0.6 is 23.2 Å². The number of nitrogens with one attached hydrogen (secondary N) is 2. The largest absolute Gasteiger partial charge is 0.377 e. The summed E-state index contributed by atoms with van der Waals surface area (Å²) in [4.78, 5) is 23.1. The lowest BCUT2D eigenvalue weighted by Gasteiger charge is -2.10. The highest BCUT2D eigenvalue weighted by atomic mass is 35.5. The first kappa shape index (κ1) is 16.5. The zero-order chi connectivity index (χ0) is 17.3. The molecule has 8 heteroatoms. The fourth-order valence-corrected chi connectivity index (χ4v) is 2.54. The third-order valence-corrected chi connectivity index (χ3v) is 4.41. The van der Waals surface area contributed by atoms with Crippen molar-refractivity contribution in [2.75, 3.05) is 10.6 Å². The molecule has 1 aliphatic carbocycles. The Morgan fingerprint density at radius 1 is 1.17 bits per heavy atom. The van der Waals surface area contributed by atoms with Gasteiger partial charge >= 0.3 is 0 Å². The quantitative estimate of drug-likeness (QED) is 0.592. The number of amides is 1. The molecule has 6 nitrogen and oxygen atoms in total. The van der Waals surface area contributed by atoms with E-state index >= 15 is 0 Å². The Balaban J connectivity index is 1.85. The molecule has 0 saturated heterocycles. The fraction of sp³-hybridized carbons (Fsp3) is 0.188. The summed E-state index contributed by atoms with van der Waals surface area (Å²) in [6, 6.07) is 9.45. The molecule has 0 aliphatic heterocycles. The Kier molecular flexibility index (Phi) is 4.59. The van der Waals surface area contributed by atoms with Crippen molar-refractivity contribution in [1.82, 2.24) is 0 Å². The van der Waals surface area contributed by atoms with E-state index in [-0.39, 0.29) is 22.3 Å². The van der Waals surface area contributed by atoms with E-state index in [4.69, 9.17) is 23.2 Å². The smallest absolute Gasteiger partial charge is 0.293 e. The van der Waals surface area contributed by atoms with Gasteiger partial charge in [-0.05, 0) is 37.1 Å². The molecule has 0 radical (unpaired) electrons. The van der Waals surface area contributed by atoms with Gasteiger partial charge in [0.25, 0.3) is 11.6 Å². The van der Waals surface area contributed by atoms with Gasteiger partial charge in [-0.2, -0.15) is 0 Å². The number of carbonyl (C=O) groups is 1. The molecule has 24 heavy (non-hydrogen) atoms. The topological polar surface area (TPSA) is 84.3 Å². The highest BCUT2D eigenvalue weighted by Crippen LogP contribution is 2.33. The first-order valence-electron chi connectivity index (χ1n) is 7.26. The van der Waals surface area contributed by atoms with Gasteiger partial charge < -0.3 is 10.6 Å². The number of nitro benzene ring substituents is 1. The molecule has 0 bridgehead atoms. The molecule has 0 spiro atoms. The SMILES string of the molecule is O=C(Nc1cccc(Cl)c1Cl)c1ccc(NC2CC2)c([N+](=O)[O-])c1. The molecule has 124 valence electrons. The molecule has 1 aliphatic rings. The average molecular weight is 366 g/mol. The molecule has 2 aromatic rings. The Labute approximate surface area is 147 Å². The van der Waals surface area contributed by atoms with E-state index in [1.165, 1.54) is 12.1 Å². The van der Waals surface area contributed by atoms with E-state index in [0.717, 1.165) is 12.8 Å². The Hall–Kier alpha value is -2.31. The first-order valence-corrected chi connectivity index (χ1v) is 8.01. The molecular weight excluding hydrogens is 353 g/mol. The molecule has 3 rings (SSSR count). The summed E-state index contributed by atoms with van der Waals surface area (Å²) in [5, 5.41) is 17.5. The molecule has 2 N–H and O–H groups in total. The summed E-state index contributed by atoms with van der Waals surface area (Å²) >= 11 is 11.9. The Bertz CT molecular complexity index is 822. The van der Waals surface area contributed by atoms with Crippen LogP contribution in [0.1, 0.15) is 23.2 Å². The predicted molar refractivity (Wildman–Crippen MR) is 94.2 cm³/mol. The molecule has 1 fully saturated rings. The molecule has 2 aromatic carbocycles. The van der Waals surface area contributed by atoms with Gasteiger partial charge in [-0.15, -0.1) is 0 Å². The molecule has 0 atom stereocenters. The van der Waals surface area contributed by atoms with E-state index in [2.05, 4.69) is 10.6 Å². The van der Waals surface area contributed by atoms with Crippen molar-refractivity contribution in [2.45, 2.75) is 18.9 Å². The van der Waals surface area contributed by atoms with Crippen LogP contribution in [-0.4, -0.2) is 16.9 Å². The van der Waals surface area contributed by atoms with Crippen LogP contribution in [0.2, 0.25) is 10.0 Å². The lowest BCUT2D eigenvalue weighted by Crippen LogP contribution is -2.13. The fourth-order valence-electron chi connectivity index (χ4n) is 2.19. The van der Waals surface area contributed by atoms with Crippen LogP contribution in [0.25, 0.3) is 0 Å². The zero-order valence-electron chi connectivity index (χ0n) is 12.4. The highest BCUT2D eigenvalue weighted by Gasteiger charge is 2.25. The van der Waals surface area contributed by atoms with Crippen LogP contribution in [-0.2, 0) is 0 Å². The van der Waals surface area contributed by atoms with Crippen molar-refractivity contribution in [2.24, 2.45) is 0 Å². The van der Waals surface area contributed by atoms with Crippen LogP contribution in [0.3, 0.4) is 0 Å². The normalized spacial score (nSPS) is 13.4. The van der Waals surface area contributed by atoms with Crippen LogP contribution < -0.4 is 10.6 Å². The molecule has 0 heterocycles. The second-order valence-corrected chi connectivity index (χ2v) is 6.25. The summed E-state index contributed by atoms with van der Waals surface area (Å²) in [5.74, 6) is -0.500. The van der Waals surface area contributed by atoms with Gasteiger partial charge in [0, 0.05) is 17.7 Å². The second-order valence-electron chi connectivity index (χ2n) is 5.46. The third-order valence-electron chi connectivity index (χ3n) is 3.59. The van der Waals surface area contributed by atoms with Gasteiger partial charge in [0.1, 0.15) is 5.69 Å². The first-order chi connectivity index (χ1) is 11.5. The van der Waals surface area contributed by atoms with Crippen LogP contribution in [0, 0.1) is 10.1 Å². The number of anilines is 2. The molecule has 1 amide bonds. The maximum atomic E-state index is 12.3. The number of carbonyl (C=O) groups excluding carboxylic acids is 1.